The van der Waals surface area contributed by atoms with Crippen LogP contribution in [0.1, 0.15) is 13.8 Å². The van der Waals surface area contributed by atoms with Crippen LogP contribution in [0.5, 0.6) is 5.75 Å². The van der Waals surface area contributed by atoms with Crippen molar-refractivity contribution in [3.63, 3.8) is 0 Å². The van der Waals surface area contributed by atoms with Crippen molar-refractivity contribution in [2.45, 2.75) is 20.0 Å². The van der Waals surface area contributed by atoms with E-state index < -0.39 is 4.92 Å². The third-order valence-electron chi connectivity index (χ3n) is 3.71. The molecule has 10 heteroatoms. The third kappa shape index (κ3) is 16.5. The minimum Gasteiger partial charge on any atom is -0.491 e. The van der Waals surface area contributed by atoms with E-state index in [2.05, 4.69) is 0 Å². The Balaban J connectivity index is 1.75. The Labute approximate surface area is 183 Å². The zero-order valence-electron chi connectivity index (χ0n) is 18.5. The molecule has 0 saturated carbocycles. The number of benzene rings is 1. The molecule has 0 heterocycles. The smallest absolute Gasteiger partial charge is 0.269 e. The van der Waals surface area contributed by atoms with E-state index in [1.807, 2.05) is 13.8 Å². The van der Waals surface area contributed by atoms with E-state index in [1.54, 1.807) is 12.1 Å². The fourth-order valence-corrected chi connectivity index (χ4v) is 2.21. The van der Waals surface area contributed by atoms with Crippen LogP contribution in [0.4, 0.5) is 5.69 Å². The molecule has 0 bridgehead atoms. The Morgan fingerprint density at radius 1 is 0.677 bits per heavy atom. The lowest BCUT2D eigenvalue weighted by molar-refractivity contribution is -0.384. The van der Waals surface area contributed by atoms with Gasteiger partial charge in [0.2, 0.25) is 0 Å². The summed E-state index contributed by atoms with van der Waals surface area (Å²) in [5.74, 6) is 0.565. The first-order valence-electron chi connectivity index (χ1n) is 10.5. The maximum atomic E-state index is 10.6. The highest BCUT2D eigenvalue weighted by Crippen LogP contribution is 2.16. The standard InChI is InChI=1S/C21H35NO9/c1-19(2)30-17-15-28-13-11-26-9-7-25-8-10-27-12-14-29-16-18-31-21-5-3-20(4-6-21)22(23)24/h3-6,19H,7-18H2,1-2H3. The lowest BCUT2D eigenvalue weighted by Gasteiger charge is -2.09. The number of non-ortho nitro benzene ring substituents is 1. The fourth-order valence-electron chi connectivity index (χ4n) is 2.21. The van der Waals surface area contributed by atoms with Crippen molar-refractivity contribution >= 4 is 5.69 Å². The molecule has 1 rings (SSSR count). The van der Waals surface area contributed by atoms with Crippen LogP contribution in [-0.2, 0) is 28.4 Å². The van der Waals surface area contributed by atoms with Gasteiger partial charge in [0, 0.05) is 12.1 Å². The second-order valence-corrected chi connectivity index (χ2v) is 6.58. The average Bonchev–Trinajstić information content (AvgIpc) is 2.75. The minimum absolute atomic E-state index is 0.0330. The molecule has 0 N–H and O–H groups in total. The van der Waals surface area contributed by atoms with Gasteiger partial charge in [-0.15, -0.1) is 0 Å². The highest BCUT2D eigenvalue weighted by Gasteiger charge is 2.04. The van der Waals surface area contributed by atoms with Crippen molar-refractivity contribution in [3.05, 3.63) is 34.4 Å². The molecule has 0 aliphatic carbocycles. The number of ether oxygens (including phenoxy) is 7. The van der Waals surface area contributed by atoms with Gasteiger partial charge in [-0.1, -0.05) is 0 Å². The number of hydrogen-bond acceptors (Lipinski definition) is 9. The van der Waals surface area contributed by atoms with E-state index in [1.165, 1.54) is 12.1 Å². The molecule has 0 aromatic heterocycles. The van der Waals surface area contributed by atoms with E-state index in [-0.39, 0.29) is 11.8 Å². The predicted molar refractivity (Wildman–Crippen MR) is 114 cm³/mol. The molecule has 0 aliphatic rings. The van der Waals surface area contributed by atoms with E-state index >= 15 is 0 Å². The number of hydrogen-bond donors (Lipinski definition) is 0. The molecule has 31 heavy (non-hydrogen) atoms. The number of nitro groups is 1. The van der Waals surface area contributed by atoms with Crippen LogP contribution in [0.15, 0.2) is 24.3 Å². The Kier molecular flexibility index (Phi) is 16.6. The van der Waals surface area contributed by atoms with Crippen molar-refractivity contribution < 1.29 is 38.1 Å². The minimum atomic E-state index is -0.449. The van der Waals surface area contributed by atoms with E-state index in [0.29, 0.717) is 85.0 Å². The fraction of sp³-hybridized carbons (Fsp3) is 0.714. The van der Waals surface area contributed by atoms with Gasteiger partial charge in [-0.25, -0.2) is 0 Å². The van der Waals surface area contributed by atoms with Crippen molar-refractivity contribution in [1.29, 1.82) is 0 Å². The summed E-state index contributed by atoms with van der Waals surface area (Å²) in [4.78, 5) is 10.1. The molecular formula is C21H35NO9. The predicted octanol–water partition coefficient (Wildman–Crippen LogP) is 2.48. The average molecular weight is 446 g/mol. The lowest BCUT2D eigenvalue weighted by atomic mass is 10.3. The van der Waals surface area contributed by atoms with Crippen molar-refractivity contribution in [2.75, 3.05) is 79.3 Å². The maximum absolute atomic E-state index is 10.6. The Morgan fingerprint density at radius 3 is 1.45 bits per heavy atom. The molecule has 0 radical (unpaired) electrons. The summed E-state index contributed by atoms with van der Waals surface area (Å²) in [6.07, 6.45) is 0.226. The first kappa shape index (κ1) is 27.2. The molecule has 0 atom stereocenters. The van der Waals surface area contributed by atoms with Gasteiger partial charge < -0.3 is 33.2 Å². The molecule has 0 saturated heterocycles. The van der Waals surface area contributed by atoms with E-state index in [9.17, 15) is 10.1 Å². The highest BCUT2D eigenvalue weighted by molar-refractivity contribution is 5.35. The Bertz CT molecular complexity index is 554. The molecule has 178 valence electrons. The number of nitrogens with zero attached hydrogens (tertiary/aromatic N) is 1. The van der Waals surface area contributed by atoms with Gasteiger partial charge in [-0.2, -0.15) is 0 Å². The molecule has 10 nitrogen and oxygen atoms in total. The summed E-state index contributed by atoms with van der Waals surface area (Å²) >= 11 is 0. The SMILES string of the molecule is CC(C)OCCOCCOCCOCCOCCOCCOc1ccc([N+](=O)[O-])cc1. The topological polar surface area (TPSA) is 108 Å². The summed E-state index contributed by atoms with van der Waals surface area (Å²) in [5.41, 5.74) is 0.0330. The van der Waals surface area contributed by atoms with Gasteiger partial charge in [0.15, 0.2) is 0 Å². The van der Waals surface area contributed by atoms with E-state index in [0.717, 1.165) is 0 Å². The second-order valence-electron chi connectivity index (χ2n) is 6.58. The molecule has 0 aliphatic heterocycles. The summed E-state index contributed by atoms with van der Waals surface area (Å²) in [5, 5.41) is 10.6. The molecular weight excluding hydrogens is 410 g/mol. The molecule has 1 aromatic carbocycles. The number of nitro benzene ring substituents is 1. The van der Waals surface area contributed by atoms with Gasteiger partial charge >= 0.3 is 0 Å². The van der Waals surface area contributed by atoms with E-state index in [4.69, 9.17) is 33.2 Å². The van der Waals surface area contributed by atoms with Crippen LogP contribution in [0.3, 0.4) is 0 Å². The summed E-state index contributed by atoms with van der Waals surface area (Å²) < 4.78 is 37.8. The van der Waals surface area contributed by atoms with Crippen LogP contribution in [0, 0.1) is 10.1 Å². The summed E-state index contributed by atoms with van der Waals surface area (Å²) in [6.45, 7) is 9.94. The van der Waals surface area contributed by atoms with Gasteiger partial charge in [0.25, 0.3) is 5.69 Å². The first-order chi connectivity index (χ1) is 15.1. The zero-order valence-corrected chi connectivity index (χ0v) is 18.5. The lowest BCUT2D eigenvalue weighted by Crippen LogP contribution is -2.15. The summed E-state index contributed by atoms with van der Waals surface area (Å²) in [6, 6.07) is 5.92. The van der Waals surface area contributed by atoms with Crippen LogP contribution < -0.4 is 4.74 Å². The molecule has 0 amide bonds. The van der Waals surface area contributed by atoms with Crippen molar-refractivity contribution in [2.24, 2.45) is 0 Å². The highest BCUT2D eigenvalue weighted by atomic mass is 16.6. The first-order valence-corrected chi connectivity index (χ1v) is 10.5. The number of rotatable bonds is 21. The van der Waals surface area contributed by atoms with Crippen LogP contribution in [0.25, 0.3) is 0 Å². The van der Waals surface area contributed by atoms with Gasteiger partial charge in [-0.3, -0.25) is 10.1 Å². The largest absolute Gasteiger partial charge is 0.491 e. The van der Waals surface area contributed by atoms with Crippen LogP contribution in [0.2, 0.25) is 0 Å². The molecule has 0 spiro atoms. The van der Waals surface area contributed by atoms with Gasteiger partial charge in [0.05, 0.1) is 83.7 Å². The van der Waals surface area contributed by atoms with Crippen LogP contribution in [-0.4, -0.2) is 90.3 Å². The van der Waals surface area contributed by atoms with Gasteiger partial charge in [0.1, 0.15) is 12.4 Å². The quantitative estimate of drug-likeness (QED) is 0.160. The maximum Gasteiger partial charge on any atom is 0.269 e. The van der Waals surface area contributed by atoms with Crippen molar-refractivity contribution in [3.8, 4) is 5.75 Å². The van der Waals surface area contributed by atoms with Crippen LogP contribution >= 0.6 is 0 Å². The summed E-state index contributed by atoms with van der Waals surface area (Å²) in [7, 11) is 0. The molecule has 1 aromatic rings. The van der Waals surface area contributed by atoms with Crippen molar-refractivity contribution in [1.82, 2.24) is 0 Å². The monoisotopic (exact) mass is 445 g/mol. The normalized spacial score (nSPS) is 11.2. The molecule has 0 unspecified atom stereocenters. The third-order valence-corrected chi connectivity index (χ3v) is 3.71. The Morgan fingerprint density at radius 2 is 1.06 bits per heavy atom. The second kappa shape index (κ2) is 18.9. The Hall–Kier alpha value is -1.82. The molecule has 0 fully saturated rings. The zero-order chi connectivity index (χ0) is 22.6. The van der Waals surface area contributed by atoms with Gasteiger partial charge in [-0.05, 0) is 26.0 Å².